The first-order valence-electron chi connectivity index (χ1n) is 4.86. The summed E-state index contributed by atoms with van der Waals surface area (Å²) in [6, 6.07) is -2.69. The van der Waals surface area contributed by atoms with E-state index in [1.807, 2.05) is 5.32 Å². The average molecular weight is 265 g/mol. The number of carbonyl (C=O) groups excluding carboxylic acids is 2. The number of hydrogen-bond donors (Lipinski definition) is 5. The molecule has 0 aromatic rings. The van der Waals surface area contributed by atoms with Gasteiger partial charge in [0.25, 0.3) is 0 Å². The summed E-state index contributed by atoms with van der Waals surface area (Å²) in [5.74, 6) is 0. The molecule has 2 amide bonds. The Morgan fingerprint density at radius 1 is 1.44 bits per heavy atom. The fourth-order valence-corrected chi connectivity index (χ4v) is 1.08. The van der Waals surface area contributed by atoms with Gasteiger partial charge in [-0.05, 0) is 0 Å². The lowest BCUT2D eigenvalue weighted by molar-refractivity contribution is -0.120. The Kier molecular flexibility index (Phi) is 6.97. The van der Waals surface area contributed by atoms with Gasteiger partial charge in [-0.2, -0.15) is 5.01 Å². The van der Waals surface area contributed by atoms with Crippen molar-refractivity contribution in [2.45, 2.75) is 24.4 Å². The molecule has 0 aliphatic carbocycles. The molecule has 0 spiro atoms. The summed E-state index contributed by atoms with van der Waals surface area (Å²) in [5, 5.41) is 41.1. The number of aliphatic hydroxyl groups excluding tert-OH is 4. The Morgan fingerprint density at radius 3 is 2.39 bits per heavy atom. The van der Waals surface area contributed by atoms with Gasteiger partial charge in [0.1, 0.15) is 18.3 Å². The van der Waals surface area contributed by atoms with Crippen molar-refractivity contribution in [1.82, 2.24) is 10.3 Å². The first-order chi connectivity index (χ1) is 8.38. The first-order valence-corrected chi connectivity index (χ1v) is 4.86. The fraction of sp³-hybridized carbons (Fsp3) is 0.750. The number of nitrogens with one attached hydrogen (secondary N) is 1. The monoisotopic (exact) mass is 265 g/mol. The normalized spacial score (nSPS) is 17.2. The molecule has 0 saturated carbocycles. The van der Waals surface area contributed by atoms with E-state index in [4.69, 9.17) is 5.11 Å². The molecule has 0 aliphatic rings. The fourth-order valence-electron chi connectivity index (χ4n) is 1.08. The molecule has 104 valence electrons. The third-order valence-electron chi connectivity index (χ3n) is 2.16. The molecule has 0 heterocycles. The van der Waals surface area contributed by atoms with Crippen LogP contribution in [0.15, 0.2) is 5.29 Å². The number of hydrogen-bond acceptors (Lipinski definition) is 8. The predicted molar refractivity (Wildman–Crippen MR) is 57.0 cm³/mol. The van der Waals surface area contributed by atoms with Crippen LogP contribution in [0.5, 0.6) is 0 Å². The van der Waals surface area contributed by atoms with Gasteiger partial charge >= 0.3 is 6.03 Å². The van der Waals surface area contributed by atoms with Gasteiger partial charge in [0.05, 0.1) is 17.9 Å². The average Bonchev–Trinajstić information content (AvgIpc) is 2.40. The Labute approximate surface area is 102 Å². The summed E-state index contributed by atoms with van der Waals surface area (Å²) in [4.78, 5) is 31.7. The van der Waals surface area contributed by atoms with Gasteiger partial charge in [0.2, 0.25) is 0 Å². The number of nitrogens with zero attached hydrogens (tertiary/aromatic N) is 2. The second kappa shape index (κ2) is 7.66. The van der Waals surface area contributed by atoms with Gasteiger partial charge in [-0.3, -0.25) is 0 Å². The summed E-state index contributed by atoms with van der Waals surface area (Å²) in [5.41, 5.74) is 0. The smallest absolute Gasteiger partial charge is 0.340 e. The SMILES string of the molecule is CN(N=O)C(=O)N[C@H]([C@H](O)[C@H](O)CO)[C@@H](O)C=O. The number of urea groups is 1. The number of amides is 2. The zero-order valence-corrected chi connectivity index (χ0v) is 9.50. The van der Waals surface area contributed by atoms with Crippen LogP contribution in [-0.2, 0) is 4.79 Å². The van der Waals surface area contributed by atoms with E-state index in [0.29, 0.717) is 5.01 Å². The Morgan fingerprint density at radius 2 is 2.00 bits per heavy atom. The number of aliphatic hydroxyl groups is 4. The van der Waals surface area contributed by atoms with Crippen molar-refractivity contribution in [3.63, 3.8) is 0 Å². The first kappa shape index (κ1) is 16.4. The maximum atomic E-state index is 11.3. The zero-order chi connectivity index (χ0) is 14.3. The van der Waals surface area contributed by atoms with E-state index < -0.39 is 37.0 Å². The standard InChI is InChI=1S/C8H15N3O7/c1-11(10-18)8(17)9-6(4(14)2-12)7(16)5(15)3-13/h2,4-7,13-16H,3H2,1H3,(H,9,17)/t4-,5+,6-,7+/m0/s1. The quantitative estimate of drug-likeness (QED) is 0.186. The van der Waals surface area contributed by atoms with Crippen molar-refractivity contribution in [2.24, 2.45) is 5.29 Å². The van der Waals surface area contributed by atoms with E-state index >= 15 is 0 Å². The highest BCUT2D eigenvalue weighted by Crippen LogP contribution is 2.05. The van der Waals surface area contributed by atoms with Crippen molar-refractivity contribution >= 4 is 12.3 Å². The molecule has 10 heteroatoms. The molecule has 0 aliphatic heterocycles. The third-order valence-corrected chi connectivity index (χ3v) is 2.16. The number of carbonyl (C=O) groups is 2. The molecule has 18 heavy (non-hydrogen) atoms. The van der Waals surface area contributed by atoms with Gasteiger partial charge in [0, 0.05) is 7.05 Å². The molecule has 5 N–H and O–H groups in total. The van der Waals surface area contributed by atoms with Crippen molar-refractivity contribution in [3.05, 3.63) is 4.91 Å². The van der Waals surface area contributed by atoms with E-state index in [-0.39, 0.29) is 6.29 Å². The van der Waals surface area contributed by atoms with E-state index in [2.05, 4.69) is 5.29 Å². The Bertz CT molecular complexity index is 300. The summed E-state index contributed by atoms with van der Waals surface area (Å²) in [6.45, 7) is -0.846. The molecule has 0 radical (unpaired) electrons. The second-order valence-electron chi connectivity index (χ2n) is 3.45. The van der Waals surface area contributed by atoms with E-state index in [1.54, 1.807) is 0 Å². The van der Waals surface area contributed by atoms with Crippen LogP contribution in [0, 0.1) is 4.91 Å². The summed E-state index contributed by atoms with van der Waals surface area (Å²) in [7, 11) is 1.00. The van der Waals surface area contributed by atoms with Gasteiger partial charge < -0.3 is 30.5 Å². The van der Waals surface area contributed by atoms with E-state index in [9.17, 15) is 29.8 Å². The molecule has 0 saturated heterocycles. The highest BCUT2D eigenvalue weighted by Gasteiger charge is 2.33. The molecule has 10 nitrogen and oxygen atoms in total. The van der Waals surface area contributed by atoms with Crippen LogP contribution >= 0.6 is 0 Å². The number of nitroso groups, excluding NO2 is 1. The largest absolute Gasteiger partial charge is 0.394 e. The minimum absolute atomic E-state index is 0.0204. The van der Waals surface area contributed by atoms with Gasteiger partial charge in [-0.15, -0.1) is 4.91 Å². The molecule has 0 fully saturated rings. The van der Waals surface area contributed by atoms with E-state index in [1.165, 1.54) is 0 Å². The number of aldehydes is 1. The Hall–Kier alpha value is -1.62. The molecular weight excluding hydrogens is 250 g/mol. The van der Waals surface area contributed by atoms with Gasteiger partial charge in [0.15, 0.2) is 6.29 Å². The minimum atomic E-state index is -1.83. The van der Waals surface area contributed by atoms with Crippen LogP contribution in [0.2, 0.25) is 0 Å². The minimum Gasteiger partial charge on any atom is -0.394 e. The van der Waals surface area contributed by atoms with E-state index in [0.717, 1.165) is 7.05 Å². The van der Waals surface area contributed by atoms with Gasteiger partial charge in [-0.1, -0.05) is 0 Å². The molecule has 0 rings (SSSR count). The molecule has 0 unspecified atom stereocenters. The summed E-state index contributed by atoms with van der Waals surface area (Å²) >= 11 is 0. The van der Waals surface area contributed by atoms with Crippen molar-refractivity contribution in [2.75, 3.05) is 13.7 Å². The Balaban J connectivity index is 4.84. The molecule has 0 aromatic carbocycles. The molecular formula is C8H15N3O7. The van der Waals surface area contributed by atoms with Crippen LogP contribution in [0.4, 0.5) is 4.79 Å². The second-order valence-corrected chi connectivity index (χ2v) is 3.45. The predicted octanol–water partition coefficient (Wildman–Crippen LogP) is -3.05. The molecule has 4 atom stereocenters. The highest BCUT2D eigenvalue weighted by molar-refractivity contribution is 5.74. The maximum Gasteiger partial charge on any atom is 0.340 e. The van der Waals surface area contributed by atoms with Crippen LogP contribution in [-0.4, -0.2) is 75.8 Å². The van der Waals surface area contributed by atoms with Crippen molar-refractivity contribution in [1.29, 1.82) is 0 Å². The van der Waals surface area contributed by atoms with Crippen molar-refractivity contribution < 1.29 is 30.0 Å². The lowest BCUT2D eigenvalue weighted by atomic mass is 10.0. The number of rotatable bonds is 7. The van der Waals surface area contributed by atoms with Gasteiger partial charge in [-0.25, -0.2) is 4.79 Å². The highest BCUT2D eigenvalue weighted by atomic mass is 16.4. The zero-order valence-electron chi connectivity index (χ0n) is 9.50. The van der Waals surface area contributed by atoms with Crippen molar-refractivity contribution in [3.8, 4) is 0 Å². The maximum absolute atomic E-state index is 11.3. The summed E-state index contributed by atoms with van der Waals surface area (Å²) in [6.07, 6.45) is -5.30. The van der Waals surface area contributed by atoms with Crippen LogP contribution in [0.3, 0.4) is 0 Å². The third kappa shape index (κ3) is 4.33. The lowest BCUT2D eigenvalue weighted by Crippen LogP contribution is -2.57. The van der Waals surface area contributed by atoms with Crippen LogP contribution in [0.25, 0.3) is 0 Å². The molecule has 0 bridgehead atoms. The summed E-state index contributed by atoms with van der Waals surface area (Å²) < 4.78 is 0. The van der Waals surface area contributed by atoms with Crippen LogP contribution < -0.4 is 5.32 Å². The lowest BCUT2D eigenvalue weighted by Gasteiger charge is -2.28. The molecule has 0 aromatic heterocycles. The topological polar surface area (TPSA) is 160 Å². The van der Waals surface area contributed by atoms with Crippen LogP contribution in [0.1, 0.15) is 0 Å².